The highest BCUT2D eigenvalue weighted by Crippen LogP contribution is 2.30. The molecule has 0 saturated carbocycles. The van der Waals surface area contributed by atoms with E-state index in [9.17, 15) is 0 Å². The number of nitrogens with zero attached hydrogens (tertiary/aromatic N) is 1. The molecule has 0 bridgehead atoms. The third-order valence-electron chi connectivity index (χ3n) is 3.49. The maximum Gasteiger partial charge on any atom is 0.120 e. The molecule has 0 aliphatic carbocycles. The number of hydrogen-bond acceptors (Lipinski definition) is 2. The summed E-state index contributed by atoms with van der Waals surface area (Å²) in [5, 5.41) is 4.79. The summed E-state index contributed by atoms with van der Waals surface area (Å²) in [6.07, 6.45) is 1.12. The molecule has 84 valence electrons. The summed E-state index contributed by atoms with van der Waals surface area (Å²) in [5.41, 5.74) is 4.18. The lowest BCUT2D eigenvalue weighted by molar-refractivity contribution is 0.415. The van der Waals surface area contributed by atoms with Gasteiger partial charge in [0.15, 0.2) is 0 Å². The Morgan fingerprint density at radius 2 is 2.25 bits per heavy atom. The molecule has 2 aromatic rings. The first kappa shape index (κ1) is 9.73. The molecule has 0 spiro atoms. The van der Waals surface area contributed by atoms with Gasteiger partial charge in [0.2, 0.25) is 0 Å². The Bertz CT molecular complexity index is 542. The van der Waals surface area contributed by atoms with Crippen LogP contribution in [0.5, 0.6) is 5.75 Å². The van der Waals surface area contributed by atoms with Gasteiger partial charge >= 0.3 is 0 Å². The second-order valence-electron chi connectivity index (χ2n) is 4.29. The van der Waals surface area contributed by atoms with Crippen LogP contribution < -0.4 is 10.1 Å². The van der Waals surface area contributed by atoms with E-state index in [-0.39, 0.29) is 0 Å². The molecule has 1 aliphatic heterocycles. The number of aromatic nitrogens is 1. The quantitative estimate of drug-likeness (QED) is 0.787. The van der Waals surface area contributed by atoms with Crippen molar-refractivity contribution in [2.75, 3.05) is 13.7 Å². The van der Waals surface area contributed by atoms with E-state index in [0.29, 0.717) is 0 Å². The topological polar surface area (TPSA) is 26.2 Å². The largest absolute Gasteiger partial charge is 0.497 e. The van der Waals surface area contributed by atoms with Crippen LogP contribution >= 0.6 is 0 Å². The highest BCUT2D eigenvalue weighted by Gasteiger charge is 2.17. The van der Waals surface area contributed by atoms with Gasteiger partial charge in [0.1, 0.15) is 5.75 Å². The molecule has 0 fully saturated rings. The summed E-state index contributed by atoms with van der Waals surface area (Å²) < 4.78 is 7.56. The molecule has 1 aromatic heterocycles. The first-order chi connectivity index (χ1) is 7.81. The lowest BCUT2D eigenvalue weighted by atomic mass is 10.0. The van der Waals surface area contributed by atoms with Gasteiger partial charge in [-0.1, -0.05) is 0 Å². The molecule has 16 heavy (non-hydrogen) atoms. The van der Waals surface area contributed by atoms with Gasteiger partial charge < -0.3 is 14.6 Å². The van der Waals surface area contributed by atoms with Crippen LogP contribution in [0.1, 0.15) is 11.3 Å². The van der Waals surface area contributed by atoms with E-state index in [1.165, 1.54) is 22.2 Å². The number of methoxy groups -OCH3 is 1. The normalized spacial score (nSPS) is 15.1. The Labute approximate surface area is 95.0 Å². The highest BCUT2D eigenvalue weighted by atomic mass is 16.5. The molecule has 0 saturated heterocycles. The Morgan fingerprint density at radius 3 is 3.06 bits per heavy atom. The summed E-state index contributed by atoms with van der Waals surface area (Å²) >= 11 is 0. The fourth-order valence-electron chi connectivity index (χ4n) is 2.60. The molecule has 0 unspecified atom stereocenters. The van der Waals surface area contributed by atoms with Gasteiger partial charge in [-0.2, -0.15) is 0 Å². The average Bonchev–Trinajstić information content (AvgIpc) is 2.64. The maximum atomic E-state index is 5.28. The first-order valence-corrected chi connectivity index (χ1v) is 5.66. The van der Waals surface area contributed by atoms with E-state index in [1.54, 1.807) is 7.11 Å². The molecule has 3 nitrogen and oxygen atoms in total. The van der Waals surface area contributed by atoms with E-state index in [2.05, 4.69) is 29.1 Å². The maximum absolute atomic E-state index is 5.28. The Morgan fingerprint density at radius 1 is 1.38 bits per heavy atom. The molecular weight excluding hydrogens is 200 g/mol. The van der Waals surface area contributed by atoms with Crippen molar-refractivity contribution in [2.45, 2.75) is 13.0 Å². The van der Waals surface area contributed by atoms with Gasteiger partial charge in [0, 0.05) is 30.7 Å². The fourth-order valence-corrected chi connectivity index (χ4v) is 2.60. The van der Waals surface area contributed by atoms with Crippen molar-refractivity contribution < 1.29 is 4.74 Å². The lowest BCUT2D eigenvalue weighted by Gasteiger charge is -2.14. The smallest absolute Gasteiger partial charge is 0.120 e. The summed E-state index contributed by atoms with van der Waals surface area (Å²) in [5.74, 6) is 0.929. The number of fused-ring (bicyclic) bond motifs is 3. The van der Waals surface area contributed by atoms with Crippen LogP contribution in [0.25, 0.3) is 10.9 Å². The molecule has 3 heteroatoms. The molecule has 0 amide bonds. The molecule has 3 rings (SSSR count). The SMILES string of the molecule is COc1ccc2c3c(n(C)c2c1)CNCC3. The molecule has 1 aliphatic rings. The molecule has 1 N–H and O–H groups in total. The number of hydrogen-bond donors (Lipinski definition) is 1. The van der Waals surface area contributed by atoms with Crippen LogP contribution in [-0.2, 0) is 20.0 Å². The summed E-state index contributed by atoms with van der Waals surface area (Å²) in [6, 6.07) is 6.34. The van der Waals surface area contributed by atoms with E-state index in [0.717, 1.165) is 25.3 Å². The predicted molar refractivity (Wildman–Crippen MR) is 64.9 cm³/mol. The van der Waals surface area contributed by atoms with Gasteiger partial charge in [0.05, 0.1) is 12.6 Å². The molecule has 2 heterocycles. The van der Waals surface area contributed by atoms with Crippen molar-refractivity contribution in [2.24, 2.45) is 7.05 Å². The zero-order valence-corrected chi connectivity index (χ0v) is 9.71. The number of aryl methyl sites for hydroxylation is 1. The molecule has 0 radical (unpaired) electrons. The second kappa shape index (κ2) is 3.52. The van der Waals surface area contributed by atoms with Crippen LogP contribution in [0, 0.1) is 0 Å². The van der Waals surface area contributed by atoms with E-state index < -0.39 is 0 Å². The van der Waals surface area contributed by atoms with Crippen LogP contribution in [0.15, 0.2) is 18.2 Å². The lowest BCUT2D eigenvalue weighted by Crippen LogP contribution is -2.24. The minimum atomic E-state index is 0.929. The minimum Gasteiger partial charge on any atom is -0.497 e. The fraction of sp³-hybridized carbons (Fsp3) is 0.385. The van der Waals surface area contributed by atoms with Gasteiger partial charge in [0.25, 0.3) is 0 Å². The minimum absolute atomic E-state index is 0.929. The number of benzene rings is 1. The zero-order valence-electron chi connectivity index (χ0n) is 9.71. The average molecular weight is 216 g/mol. The molecule has 0 atom stereocenters. The van der Waals surface area contributed by atoms with Crippen molar-refractivity contribution in [3.8, 4) is 5.75 Å². The van der Waals surface area contributed by atoms with Crippen LogP contribution in [0.3, 0.4) is 0 Å². The van der Waals surface area contributed by atoms with Gasteiger partial charge in [-0.3, -0.25) is 0 Å². The Hall–Kier alpha value is -1.48. The number of rotatable bonds is 1. The summed E-state index contributed by atoms with van der Waals surface area (Å²) in [6.45, 7) is 2.06. The monoisotopic (exact) mass is 216 g/mol. The Balaban J connectivity index is 2.30. The standard InChI is InChI=1S/C13H16N2O/c1-15-12-7-9(16-2)3-4-10(12)11-5-6-14-8-13(11)15/h3-4,7,14H,5-6,8H2,1-2H3. The van der Waals surface area contributed by atoms with E-state index >= 15 is 0 Å². The van der Waals surface area contributed by atoms with Gasteiger partial charge in [-0.15, -0.1) is 0 Å². The zero-order chi connectivity index (χ0) is 11.1. The van der Waals surface area contributed by atoms with Crippen LogP contribution in [0.4, 0.5) is 0 Å². The Kier molecular flexibility index (Phi) is 2.14. The number of ether oxygens (including phenoxy) is 1. The third kappa shape index (κ3) is 1.25. The summed E-state index contributed by atoms with van der Waals surface area (Å²) in [4.78, 5) is 0. The van der Waals surface area contributed by atoms with Crippen molar-refractivity contribution in [1.29, 1.82) is 0 Å². The van der Waals surface area contributed by atoms with Crippen LogP contribution in [0.2, 0.25) is 0 Å². The van der Waals surface area contributed by atoms with Crippen molar-refractivity contribution in [3.63, 3.8) is 0 Å². The predicted octanol–water partition coefficient (Wildman–Crippen LogP) is 1.83. The molecular formula is C13H16N2O. The van der Waals surface area contributed by atoms with E-state index in [1.807, 2.05) is 6.07 Å². The molecule has 1 aromatic carbocycles. The van der Waals surface area contributed by atoms with Crippen molar-refractivity contribution in [3.05, 3.63) is 29.5 Å². The van der Waals surface area contributed by atoms with Crippen molar-refractivity contribution in [1.82, 2.24) is 9.88 Å². The summed E-state index contributed by atoms with van der Waals surface area (Å²) in [7, 11) is 3.85. The van der Waals surface area contributed by atoms with Gasteiger partial charge in [-0.05, 0) is 30.7 Å². The van der Waals surface area contributed by atoms with E-state index in [4.69, 9.17) is 4.74 Å². The highest BCUT2D eigenvalue weighted by molar-refractivity contribution is 5.87. The van der Waals surface area contributed by atoms with Crippen LogP contribution in [-0.4, -0.2) is 18.2 Å². The van der Waals surface area contributed by atoms with Crippen molar-refractivity contribution >= 4 is 10.9 Å². The first-order valence-electron chi connectivity index (χ1n) is 5.66. The second-order valence-corrected chi connectivity index (χ2v) is 4.29. The number of nitrogens with one attached hydrogen (secondary N) is 1. The van der Waals surface area contributed by atoms with Gasteiger partial charge in [-0.25, -0.2) is 0 Å². The third-order valence-corrected chi connectivity index (χ3v) is 3.49.